The van der Waals surface area contributed by atoms with E-state index >= 15 is 0 Å². The maximum Gasteiger partial charge on any atom is 0.161 e. The summed E-state index contributed by atoms with van der Waals surface area (Å²) in [5.41, 5.74) is 0.505. The predicted octanol–water partition coefficient (Wildman–Crippen LogP) is 5.02. The largest absolute Gasteiger partial charge is 0.493 e. The lowest BCUT2D eigenvalue weighted by molar-refractivity contribution is 0.286. The normalized spacial score (nSPS) is 13.5. The van der Waals surface area contributed by atoms with Crippen molar-refractivity contribution in [2.45, 2.75) is 58.3 Å². The Kier molecular flexibility index (Phi) is 9.51. The molecule has 0 N–H and O–H groups in total. The molecule has 0 spiro atoms. The molecule has 4 nitrogen and oxygen atoms in total. The van der Waals surface area contributed by atoms with E-state index in [-0.39, 0.29) is 5.92 Å². The summed E-state index contributed by atoms with van der Waals surface area (Å²) < 4.78 is 10.8. The molecule has 1 rings (SSSR count). The highest BCUT2D eigenvalue weighted by Gasteiger charge is 2.36. The number of hydrogen-bond acceptors (Lipinski definition) is 4. The van der Waals surface area contributed by atoms with Gasteiger partial charge in [0.2, 0.25) is 0 Å². The Hall–Kier alpha value is -1.73. The average Bonchev–Trinajstić information content (AvgIpc) is 2.64. The van der Waals surface area contributed by atoms with E-state index < -0.39 is 5.41 Å². The summed E-state index contributed by atoms with van der Waals surface area (Å²) in [5, 5.41) is 10.1. The molecule has 4 heteroatoms. The molecule has 0 saturated carbocycles. The van der Waals surface area contributed by atoms with E-state index in [1.54, 1.807) is 14.2 Å². The first-order valence-corrected chi connectivity index (χ1v) is 9.77. The van der Waals surface area contributed by atoms with Gasteiger partial charge in [0, 0.05) is 0 Å². The second kappa shape index (κ2) is 11.1. The zero-order valence-electron chi connectivity index (χ0n) is 17.5. The van der Waals surface area contributed by atoms with E-state index in [1.807, 2.05) is 18.2 Å². The van der Waals surface area contributed by atoms with Crippen LogP contribution < -0.4 is 9.47 Å². The summed E-state index contributed by atoms with van der Waals surface area (Å²) in [7, 11) is 5.44. The van der Waals surface area contributed by atoms with Crippen LogP contribution in [0.1, 0.15) is 58.4 Å². The summed E-state index contributed by atoms with van der Waals surface area (Å²) >= 11 is 0. The van der Waals surface area contributed by atoms with Crippen molar-refractivity contribution in [3.63, 3.8) is 0 Å². The van der Waals surface area contributed by atoms with Gasteiger partial charge in [0.1, 0.15) is 0 Å². The predicted molar refractivity (Wildman–Crippen MR) is 108 cm³/mol. The molecule has 0 heterocycles. The molecular formula is C22H36N2O2. The van der Waals surface area contributed by atoms with Gasteiger partial charge in [0.15, 0.2) is 11.5 Å². The lowest BCUT2D eigenvalue weighted by atomic mass is 9.69. The third kappa shape index (κ3) is 5.64. The molecule has 1 aromatic rings. The van der Waals surface area contributed by atoms with E-state index in [0.29, 0.717) is 11.5 Å². The molecule has 0 aliphatic heterocycles. The number of hydrogen-bond donors (Lipinski definition) is 0. The van der Waals surface area contributed by atoms with Gasteiger partial charge >= 0.3 is 0 Å². The minimum Gasteiger partial charge on any atom is -0.493 e. The van der Waals surface area contributed by atoms with Gasteiger partial charge < -0.3 is 14.4 Å². The fourth-order valence-corrected chi connectivity index (χ4v) is 3.50. The van der Waals surface area contributed by atoms with Crippen LogP contribution in [0, 0.1) is 17.2 Å². The highest BCUT2D eigenvalue weighted by Crippen LogP contribution is 2.40. The lowest BCUT2D eigenvalue weighted by Crippen LogP contribution is -2.32. The molecule has 146 valence electrons. The van der Waals surface area contributed by atoms with Crippen molar-refractivity contribution in [3.8, 4) is 17.6 Å². The van der Waals surface area contributed by atoms with Crippen LogP contribution in [0.15, 0.2) is 18.2 Å². The van der Waals surface area contributed by atoms with Crippen molar-refractivity contribution in [2.75, 3.05) is 34.4 Å². The third-order valence-corrected chi connectivity index (χ3v) is 5.34. The molecule has 0 fully saturated rings. The number of methoxy groups -OCH3 is 2. The molecule has 0 aromatic heterocycles. The molecule has 0 amide bonds. The van der Waals surface area contributed by atoms with Crippen LogP contribution in [-0.4, -0.2) is 39.3 Å². The van der Waals surface area contributed by atoms with E-state index in [9.17, 15) is 5.26 Å². The van der Waals surface area contributed by atoms with Crippen LogP contribution in [0.5, 0.6) is 11.5 Å². The Labute approximate surface area is 160 Å². The van der Waals surface area contributed by atoms with E-state index in [0.717, 1.165) is 31.5 Å². The molecule has 0 bridgehead atoms. The summed E-state index contributed by atoms with van der Waals surface area (Å²) in [6.45, 7) is 8.64. The van der Waals surface area contributed by atoms with Crippen LogP contribution in [-0.2, 0) is 5.41 Å². The highest BCUT2D eigenvalue weighted by molar-refractivity contribution is 5.47. The van der Waals surface area contributed by atoms with Gasteiger partial charge in [-0.1, -0.05) is 39.7 Å². The number of nitriles is 1. The summed E-state index contributed by atoms with van der Waals surface area (Å²) in [5.74, 6) is 1.60. The van der Waals surface area contributed by atoms with Gasteiger partial charge in [0.05, 0.1) is 25.7 Å². The topological polar surface area (TPSA) is 45.5 Å². The first-order valence-electron chi connectivity index (χ1n) is 9.77. The van der Waals surface area contributed by atoms with Crippen LogP contribution >= 0.6 is 0 Å². The van der Waals surface area contributed by atoms with Crippen LogP contribution in [0.3, 0.4) is 0 Å². The van der Waals surface area contributed by atoms with Crippen molar-refractivity contribution < 1.29 is 9.47 Å². The molecule has 1 unspecified atom stereocenters. The fourth-order valence-electron chi connectivity index (χ4n) is 3.50. The first-order chi connectivity index (χ1) is 12.4. The minimum absolute atomic E-state index is 0.219. The lowest BCUT2D eigenvalue weighted by Gasteiger charge is -2.32. The smallest absolute Gasteiger partial charge is 0.161 e. The minimum atomic E-state index is -0.510. The summed E-state index contributed by atoms with van der Waals surface area (Å²) in [6.07, 6.45) is 5.62. The van der Waals surface area contributed by atoms with Crippen molar-refractivity contribution >= 4 is 0 Å². The van der Waals surface area contributed by atoms with Crippen LogP contribution in [0.2, 0.25) is 0 Å². The molecule has 0 aliphatic rings. The van der Waals surface area contributed by atoms with Crippen molar-refractivity contribution in [3.05, 3.63) is 23.8 Å². The van der Waals surface area contributed by atoms with Gasteiger partial charge in [-0.15, -0.1) is 0 Å². The molecule has 0 aliphatic carbocycles. The van der Waals surface area contributed by atoms with E-state index in [1.165, 1.54) is 19.3 Å². The molecule has 0 radical (unpaired) electrons. The van der Waals surface area contributed by atoms with Crippen molar-refractivity contribution in [2.24, 2.45) is 5.92 Å². The van der Waals surface area contributed by atoms with Gasteiger partial charge in [-0.05, 0) is 63.0 Å². The van der Waals surface area contributed by atoms with Gasteiger partial charge in [0.25, 0.3) is 0 Å². The molecule has 1 atom stereocenters. The Balaban J connectivity index is 2.90. The van der Waals surface area contributed by atoms with Crippen molar-refractivity contribution in [1.29, 1.82) is 5.26 Å². The number of ether oxygens (including phenoxy) is 2. The third-order valence-electron chi connectivity index (χ3n) is 5.34. The van der Waals surface area contributed by atoms with Gasteiger partial charge in [-0.3, -0.25) is 0 Å². The van der Waals surface area contributed by atoms with Crippen LogP contribution in [0.4, 0.5) is 0 Å². The number of unbranched alkanes of at least 4 members (excludes halogenated alkanes) is 2. The van der Waals surface area contributed by atoms with Gasteiger partial charge in [-0.2, -0.15) is 5.26 Å². The quantitative estimate of drug-likeness (QED) is 0.491. The number of rotatable bonds is 12. The number of benzene rings is 1. The monoisotopic (exact) mass is 360 g/mol. The van der Waals surface area contributed by atoms with Crippen LogP contribution in [0.25, 0.3) is 0 Å². The fraction of sp³-hybridized carbons (Fsp3) is 0.682. The summed E-state index contributed by atoms with van der Waals surface area (Å²) in [4.78, 5) is 2.38. The molecule has 1 aromatic carbocycles. The molecule has 26 heavy (non-hydrogen) atoms. The highest BCUT2D eigenvalue weighted by atomic mass is 16.5. The number of nitrogens with zero attached hydrogens (tertiary/aromatic N) is 2. The maximum atomic E-state index is 10.1. The Bertz CT molecular complexity index is 580. The van der Waals surface area contributed by atoms with E-state index in [2.05, 4.69) is 38.8 Å². The SMILES string of the molecule is CCCCCN(C)CCCC(C#N)(c1ccc(OC)c(OC)c1)C(C)C. The Morgan fingerprint density at radius 3 is 2.27 bits per heavy atom. The molecule has 0 saturated heterocycles. The average molecular weight is 361 g/mol. The Morgan fingerprint density at radius 2 is 1.73 bits per heavy atom. The van der Waals surface area contributed by atoms with Crippen molar-refractivity contribution in [1.82, 2.24) is 4.90 Å². The second-order valence-corrected chi connectivity index (χ2v) is 7.42. The van der Waals surface area contributed by atoms with E-state index in [4.69, 9.17) is 9.47 Å². The van der Waals surface area contributed by atoms with Gasteiger partial charge in [-0.25, -0.2) is 0 Å². The maximum absolute atomic E-state index is 10.1. The standard InChI is InChI=1S/C22H36N2O2/c1-7-8-9-14-24(4)15-10-13-22(17-23,18(2)3)19-11-12-20(25-5)21(16-19)26-6/h11-12,16,18H,7-10,13-15H2,1-6H3. The molecular weight excluding hydrogens is 324 g/mol. The zero-order chi connectivity index (χ0) is 19.6. The zero-order valence-corrected chi connectivity index (χ0v) is 17.5. The first kappa shape index (κ1) is 22.3. The summed E-state index contributed by atoms with van der Waals surface area (Å²) in [6, 6.07) is 8.51. The second-order valence-electron chi connectivity index (χ2n) is 7.42. The Morgan fingerprint density at radius 1 is 1.08 bits per heavy atom.